The van der Waals surface area contributed by atoms with Crippen LogP contribution in [-0.2, 0) is 4.79 Å². The Hall–Kier alpha value is -2.29. The Bertz CT molecular complexity index is 659. The van der Waals surface area contributed by atoms with Gasteiger partial charge in [0.05, 0.1) is 6.61 Å². The van der Waals surface area contributed by atoms with Crippen molar-refractivity contribution < 1.29 is 14.6 Å². The van der Waals surface area contributed by atoms with Gasteiger partial charge in [0.25, 0.3) is 0 Å². The van der Waals surface area contributed by atoms with Crippen LogP contribution < -0.4 is 4.74 Å². The van der Waals surface area contributed by atoms with E-state index in [2.05, 4.69) is 24.3 Å². The first kappa shape index (κ1) is 16.1. The van der Waals surface area contributed by atoms with E-state index in [-0.39, 0.29) is 0 Å². The Labute approximate surface area is 131 Å². The van der Waals surface area contributed by atoms with Gasteiger partial charge in [-0.25, -0.2) is 4.79 Å². The molecule has 0 aromatic heterocycles. The minimum Gasteiger partial charge on any atom is -0.494 e. The Balaban J connectivity index is 1.68. The molecular formula is C19H22O3. The van der Waals surface area contributed by atoms with E-state index in [0.29, 0.717) is 12.2 Å². The predicted octanol–water partition coefficient (Wildman–Crippen LogP) is 4.81. The monoisotopic (exact) mass is 298 g/mol. The molecule has 2 aromatic carbocycles. The van der Waals surface area contributed by atoms with Gasteiger partial charge in [0, 0.05) is 5.57 Å². The van der Waals surface area contributed by atoms with Gasteiger partial charge in [-0.3, -0.25) is 0 Å². The van der Waals surface area contributed by atoms with Gasteiger partial charge >= 0.3 is 5.97 Å². The molecule has 3 nitrogen and oxygen atoms in total. The third kappa shape index (κ3) is 4.92. The van der Waals surface area contributed by atoms with Crippen molar-refractivity contribution in [3.8, 4) is 5.75 Å². The van der Waals surface area contributed by atoms with Crippen molar-refractivity contribution in [2.45, 2.75) is 32.6 Å². The fraction of sp³-hybridized carbons (Fsp3) is 0.316. The number of allylic oxidation sites excluding steroid dienone is 1. The molecule has 2 rings (SSSR count). The van der Waals surface area contributed by atoms with Crippen LogP contribution in [0.5, 0.6) is 5.75 Å². The molecule has 0 saturated heterocycles. The molecule has 0 heterocycles. The van der Waals surface area contributed by atoms with Gasteiger partial charge in [0.1, 0.15) is 5.75 Å². The van der Waals surface area contributed by atoms with Crippen molar-refractivity contribution in [2.24, 2.45) is 0 Å². The van der Waals surface area contributed by atoms with Gasteiger partial charge in [0.15, 0.2) is 0 Å². The summed E-state index contributed by atoms with van der Waals surface area (Å²) in [6.07, 6.45) is 5.61. The van der Waals surface area contributed by atoms with Crippen molar-refractivity contribution in [3.63, 3.8) is 0 Å². The Morgan fingerprint density at radius 1 is 1.09 bits per heavy atom. The maximum absolute atomic E-state index is 10.6. The van der Waals surface area contributed by atoms with Crippen LogP contribution >= 0.6 is 0 Å². The zero-order chi connectivity index (χ0) is 15.8. The SMILES string of the molecule is C/C(=C\CCCCCOc1ccc2ccccc2c1)C(=O)O. The number of fused-ring (bicyclic) bond motifs is 1. The quantitative estimate of drug-likeness (QED) is 0.562. The highest BCUT2D eigenvalue weighted by atomic mass is 16.5. The van der Waals surface area contributed by atoms with Crippen molar-refractivity contribution in [3.05, 3.63) is 54.1 Å². The van der Waals surface area contributed by atoms with Crippen LogP contribution in [0.4, 0.5) is 0 Å². The molecule has 0 saturated carbocycles. The highest BCUT2D eigenvalue weighted by Gasteiger charge is 1.99. The lowest BCUT2D eigenvalue weighted by molar-refractivity contribution is -0.132. The number of ether oxygens (including phenoxy) is 1. The third-order valence-corrected chi connectivity index (χ3v) is 3.63. The maximum atomic E-state index is 10.6. The molecule has 0 atom stereocenters. The molecule has 0 fully saturated rings. The van der Waals surface area contributed by atoms with Crippen LogP contribution in [0.3, 0.4) is 0 Å². The summed E-state index contributed by atoms with van der Waals surface area (Å²) >= 11 is 0. The fourth-order valence-electron chi connectivity index (χ4n) is 2.28. The fourth-order valence-corrected chi connectivity index (χ4v) is 2.28. The third-order valence-electron chi connectivity index (χ3n) is 3.63. The van der Waals surface area contributed by atoms with Gasteiger partial charge in [-0.05, 0) is 55.5 Å². The minimum atomic E-state index is -0.834. The zero-order valence-corrected chi connectivity index (χ0v) is 12.9. The molecule has 0 aliphatic carbocycles. The zero-order valence-electron chi connectivity index (χ0n) is 12.9. The number of carboxylic acid groups (broad SMARTS) is 1. The number of carboxylic acids is 1. The van der Waals surface area contributed by atoms with Gasteiger partial charge in [-0.15, -0.1) is 0 Å². The first-order valence-corrected chi connectivity index (χ1v) is 7.68. The van der Waals surface area contributed by atoms with Crippen LogP contribution in [0.15, 0.2) is 54.1 Å². The summed E-state index contributed by atoms with van der Waals surface area (Å²) in [6, 6.07) is 14.4. The normalized spacial score (nSPS) is 11.6. The summed E-state index contributed by atoms with van der Waals surface area (Å²) < 4.78 is 5.77. The van der Waals surface area contributed by atoms with Crippen LogP contribution in [0.25, 0.3) is 10.8 Å². The van der Waals surface area contributed by atoms with E-state index in [1.165, 1.54) is 10.8 Å². The molecule has 3 heteroatoms. The Kier molecular flexibility index (Phi) is 6.01. The largest absolute Gasteiger partial charge is 0.494 e. The number of rotatable bonds is 8. The number of aliphatic carboxylic acids is 1. The van der Waals surface area contributed by atoms with E-state index >= 15 is 0 Å². The lowest BCUT2D eigenvalue weighted by atomic mass is 10.1. The molecule has 0 aliphatic heterocycles. The molecule has 116 valence electrons. The predicted molar refractivity (Wildman–Crippen MR) is 89.3 cm³/mol. The molecule has 2 aromatic rings. The molecule has 22 heavy (non-hydrogen) atoms. The number of benzene rings is 2. The summed E-state index contributed by atoms with van der Waals surface area (Å²) in [5.74, 6) is 0.0694. The number of unbranched alkanes of at least 4 members (excludes halogenated alkanes) is 3. The van der Waals surface area contributed by atoms with E-state index in [0.717, 1.165) is 31.4 Å². The van der Waals surface area contributed by atoms with Crippen molar-refractivity contribution >= 4 is 16.7 Å². The lowest BCUT2D eigenvalue weighted by Gasteiger charge is -2.07. The second-order valence-electron chi connectivity index (χ2n) is 5.40. The van der Waals surface area contributed by atoms with Crippen molar-refractivity contribution in [1.29, 1.82) is 0 Å². The standard InChI is InChI=1S/C19H22O3/c1-15(19(20)21)8-4-2-3-7-13-22-18-12-11-16-9-5-6-10-17(16)14-18/h5-6,8-12,14H,2-4,7,13H2,1H3,(H,20,21)/b15-8+. The number of carbonyl (C=O) groups is 1. The smallest absolute Gasteiger partial charge is 0.330 e. The summed E-state index contributed by atoms with van der Waals surface area (Å²) in [5.41, 5.74) is 0.424. The summed E-state index contributed by atoms with van der Waals surface area (Å²) in [5, 5.41) is 11.1. The molecule has 1 N–H and O–H groups in total. The summed E-state index contributed by atoms with van der Waals surface area (Å²) in [7, 11) is 0. The van der Waals surface area contributed by atoms with Crippen LogP contribution in [0.1, 0.15) is 32.6 Å². The Morgan fingerprint density at radius 2 is 1.86 bits per heavy atom. The summed E-state index contributed by atoms with van der Waals surface area (Å²) in [6.45, 7) is 2.32. The first-order valence-electron chi connectivity index (χ1n) is 7.68. The van der Waals surface area contributed by atoms with E-state index < -0.39 is 5.97 Å². The van der Waals surface area contributed by atoms with Gasteiger partial charge < -0.3 is 9.84 Å². The highest BCUT2D eigenvalue weighted by molar-refractivity contribution is 5.85. The lowest BCUT2D eigenvalue weighted by Crippen LogP contribution is -1.97. The van der Waals surface area contributed by atoms with E-state index in [4.69, 9.17) is 9.84 Å². The number of hydrogen-bond acceptors (Lipinski definition) is 2. The topological polar surface area (TPSA) is 46.5 Å². The van der Waals surface area contributed by atoms with Gasteiger partial charge in [0.2, 0.25) is 0 Å². The average molecular weight is 298 g/mol. The van der Waals surface area contributed by atoms with Gasteiger partial charge in [-0.1, -0.05) is 36.4 Å². The van der Waals surface area contributed by atoms with E-state index in [9.17, 15) is 4.79 Å². The maximum Gasteiger partial charge on any atom is 0.330 e. The molecule has 0 radical (unpaired) electrons. The molecule has 0 aliphatic rings. The van der Waals surface area contributed by atoms with Crippen molar-refractivity contribution in [1.82, 2.24) is 0 Å². The molecule has 0 bridgehead atoms. The second kappa shape index (κ2) is 8.23. The van der Waals surface area contributed by atoms with Crippen molar-refractivity contribution in [2.75, 3.05) is 6.61 Å². The molecule has 0 unspecified atom stereocenters. The average Bonchev–Trinajstić information content (AvgIpc) is 2.53. The Morgan fingerprint density at radius 3 is 2.64 bits per heavy atom. The molecule has 0 amide bonds. The minimum absolute atomic E-state index is 0.424. The van der Waals surface area contributed by atoms with Gasteiger partial charge in [-0.2, -0.15) is 0 Å². The van der Waals surface area contributed by atoms with Crippen LogP contribution in [-0.4, -0.2) is 17.7 Å². The van der Waals surface area contributed by atoms with Crippen LogP contribution in [0.2, 0.25) is 0 Å². The molecular weight excluding hydrogens is 276 g/mol. The first-order chi connectivity index (χ1) is 10.7. The highest BCUT2D eigenvalue weighted by Crippen LogP contribution is 2.20. The molecule has 0 spiro atoms. The van der Waals surface area contributed by atoms with E-state index in [1.54, 1.807) is 13.0 Å². The van der Waals surface area contributed by atoms with Crippen LogP contribution in [0, 0.1) is 0 Å². The summed E-state index contributed by atoms with van der Waals surface area (Å²) in [4.78, 5) is 10.6. The van der Waals surface area contributed by atoms with E-state index in [1.807, 2.05) is 18.2 Å². The number of hydrogen-bond donors (Lipinski definition) is 1. The second-order valence-corrected chi connectivity index (χ2v) is 5.40.